The third-order valence-electron chi connectivity index (χ3n) is 5.63. The van der Waals surface area contributed by atoms with Gasteiger partial charge in [0.15, 0.2) is 0 Å². The number of esters is 1. The Morgan fingerprint density at radius 3 is 2.49 bits per heavy atom. The average Bonchev–Trinajstić information content (AvgIpc) is 3.44. The molecule has 0 atom stereocenters. The molecular formula is C25H26N2O6S2. The van der Waals surface area contributed by atoms with E-state index in [0.717, 1.165) is 34.0 Å². The number of nitrogens with zero attached hydrogens (tertiary/aromatic N) is 1. The van der Waals surface area contributed by atoms with Crippen LogP contribution in [-0.2, 0) is 32.4 Å². The van der Waals surface area contributed by atoms with Crippen molar-refractivity contribution >= 4 is 43.9 Å². The Morgan fingerprint density at radius 2 is 1.77 bits per heavy atom. The number of amides is 1. The monoisotopic (exact) mass is 514 g/mol. The minimum atomic E-state index is -4.10. The molecule has 1 aromatic heterocycles. The van der Waals surface area contributed by atoms with E-state index < -0.39 is 28.4 Å². The summed E-state index contributed by atoms with van der Waals surface area (Å²) >= 11 is 1.34. The fraction of sp³-hybridized carbons (Fsp3) is 0.280. The van der Waals surface area contributed by atoms with Crippen LogP contribution < -0.4 is 14.4 Å². The van der Waals surface area contributed by atoms with Crippen LogP contribution in [0.3, 0.4) is 0 Å². The number of fused-ring (bicyclic) bond motifs is 1. The van der Waals surface area contributed by atoms with Crippen molar-refractivity contribution in [2.45, 2.75) is 31.1 Å². The molecule has 0 unspecified atom stereocenters. The van der Waals surface area contributed by atoms with Gasteiger partial charge in [-0.05, 0) is 56.0 Å². The van der Waals surface area contributed by atoms with Crippen LogP contribution in [0.25, 0.3) is 0 Å². The van der Waals surface area contributed by atoms with Gasteiger partial charge in [-0.2, -0.15) is 0 Å². The van der Waals surface area contributed by atoms with E-state index in [1.807, 2.05) is 0 Å². The minimum absolute atomic E-state index is 0.0426. The largest absolute Gasteiger partial charge is 0.495 e. The van der Waals surface area contributed by atoms with Gasteiger partial charge in [0.2, 0.25) is 5.91 Å². The molecule has 0 radical (unpaired) electrons. The highest BCUT2D eigenvalue weighted by atomic mass is 32.2. The molecule has 0 saturated carbocycles. The zero-order valence-corrected chi connectivity index (χ0v) is 21.1. The van der Waals surface area contributed by atoms with Gasteiger partial charge in [-0.1, -0.05) is 30.3 Å². The first-order chi connectivity index (χ1) is 16.9. The molecule has 2 aromatic carbocycles. The van der Waals surface area contributed by atoms with Gasteiger partial charge in [0.1, 0.15) is 17.3 Å². The molecule has 8 nitrogen and oxygen atoms in total. The number of carbonyl (C=O) groups excluding carboxylic acids is 2. The summed E-state index contributed by atoms with van der Waals surface area (Å²) in [5.41, 5.74) is 1.50. The Hall–Kier alpha value is -3.37. The van der Waals surface area contributed by atoms with E-state index in [9.17, 15) is 18.0 Å². The lowest BCUT2D eigenvalue weighted by Crippen LogP contribution is -2.38. The maximum atomic E-state index is 13.6. The third kappa shape index (κ3) is 5.03. The van der Waals surface area contributed by atoms with Gasteiger partial charge in [-0.3, -0.25) is 9.10 Å². The van der Waals surface area contributed by atoms with E-state index in [4.69, 9.17) is 9.47 Å². The summed E-state index contributed by atoms with van der Waals surface area (Å²) in [4.78, 5) is 27.0. The lowest BCUT2D eigenvalue weighted by Gasteiger charge is -2.25. The van der Waals surface area contributed by atoms with Crippen LogP contribution in [0.2, 0.25) is 0 Å². The lowest BCUT2D eigenvalue weighted by atomic mass is 10.1. The summed E-state index contributed by atoms with van der Waals surface area (Å²) in [6.07, 6.45) is 2.52. The quantitative estimate of drug-likeness (QED) is 0.428. The van der Waals surface area contributed by atoms with Crippen LogP contribution in [0.4, 0.5) is 10.7 Å². The van der Waals surface area contributed by atoms with Crippen LogP contribution in [0.1, 0.15) is 34.1 Å². The third-order valence-corrected chi connectivity index (χ3v) is 8.61. The summed E-state index contributed by atoms with van der Waals surface area (Å²) in [6, 6.07) is 14.5. The van der Waals surface area contributed by atoms with Crippen molar-refractivity contribution < 1.29 is 27.5 Å². The van der Waals surface area contributed by atoms with E-state index >= 15 is 0 Å². The van der Waals surface area contributed by atoms with Crippen LogP contribution in [0.15, 0.2) is 59.5 Å². The molecule has 0 saturated heterocycles. The number of thiophene rings is 1. The number of nitrogens with one attached hydrogen (secondary N) is 1. The van der Waals surface area contributed by atoms with Crippen LogP contribution in [0.5, 0.6) is 5.75 Å². The predicted molar refractivity (Wildman–Crippen MR) is 135 cm³/mol. The summed E-state index contributed by atoms with van der Waals surface area (Å²) in [6.45, 7) is 1.43. The van der Waals surface area contributed by atoms with E-state index in [0.29, 0.717) is 16.3 Å². The Morgan fingerprint density at radius 1 is 1.06 bits per heavy atom. The summed E-state index contributed by atoms with van der Waals surface area (Å²) < 4.78 is 38.8. The van der Waals surface area contributed by atoms with Gasteiger partial charge >= 0.3 is 5.97 Å². The Kier molecular flexibility index (Phi) is 7.42. The van der Waals surface area contributed by atoms with Crippen LogP contribution >= 0.6 is 11.3 Å². The normalized spacial score (nSPS) is 12.6. The summed E-state index contributed by atoms with van der Waals surface area (Å²) in [5, 5.41) is 3.16. The number of aryl methyl sites for hydroxylation is 1. The Bertz CT molecular complexity index is 1340. The smallest absolute Gasteiger partial charge is 0.341 e. The zero-order valence-electron chi connectivity index (χ0n) is 19.4. The average molecular weight is 515 g/mol. The predicted octanol–water partition coefficient (Wildman–Crippen LogP) is 4.26. The molecule has 10 heteroatoms. The fourth-order valence-corrected chi connectivity index (χ4v) is 6.81. The number of sulfonamides is 1. The topological polar surface area (TPSA) is 102 Å². The highest BCUT2D eigenvalue weighted by molar-refractivity contribution is 7.92. The maximum Gasteiger partial charge on any atom is 0.341 e. The molecule has 3 aromatic rings. The number of ether oxygens (including phenoxy) is 2. The van der Waals surface area contributed by atoms with Crippen molar-refractivity contribution in [2.24, 2.45) is 0 Å². The first-order valence-corrected chi connectivity index (χ1v) is 13.4. The van der Waals surface area contributed by atoms with Crippen LogP contribution in [0, 0.1) is 0 Å². The van der Waals surface area contributed by atoms with Gasteiger partial charge in [0, 0.05) is 4.88 Å². The van der Waals surface area contributed by atoms with Gasteiger partial charge in [-0.15, -0.1) is 11.3 Å². The maximum absolute atomic E-state index is 13.6. The lowest BCUT2D eigenvalue weighted by molar-refractivity contribution is -0.114. The molecule has 0 bridgehead atoms. The molecule has 1 aliphatic rings. The van der Waals surface area contributed by atoms with Crippen molar-refractivity contribution in [3.05, 3.63) is 70.6 Å². The second-order valence-electron chi connectivity index (χ2n) is 7.83. The molecule has 4 rings (SSSR count). The van der Waals surface area contributed by atoms with Crippen molar-refractivity contribution in [1.82, 2.24) is 0 Å². The molecule has 1 aliphatic carbocycles. The molecule has 1 N–H and O–H groups in total. The van der Waals surface area contributed by atoms with Crippen LogP contribution in [-0.4, -0.2) is 40.6 Å². The molecule has 184 valence electrons. The van der Waals surface area contributed by atoms with Gasteiger partial charge < -0.3 is 14.8 Å². The highest BCUT2D eigenvalue weighted by Crippen LogP contribution is 2.40. The Balaban J connectivity index is 1.69. The van der Waals surface area contributed by atoms with Crippen molar-refractivity contribution in [3.8, 4) is 5.75 Å². The molecule has 1 amide bonds. The number of anilines is 2. The van der Waals surface area contributed by atoms with Crippen molar-refractivity contribution in [3.63, 3.8) is 0 Å². The fourth-order valence-electron chi connectivity index (χ4n) is 4.06. The van der Waals surface area contributed by atoms with Crippen molar-refractivity contribution in [1.29, 1.82) is 0 Å². The number of carbonyl (C=O) groups is 2. The first-order valence-electron chi connectivity index (χ1n) is 11.2. The van der Waals surface area contributed by atoms with Gasteiger partial charge in [0.25, 0.3) is 10.0 Å². The second kappa shape index (κ2) is 10.5. The molecule has 0 fully saturated rings. The molecule has 1 heterocycles. The van der Waals surface area contributed by atoms with Gasteiger partial charge in [0.05, 0.1) is 29.9 Å². The number of hydrogen-bond acceptors (Lipinski definition) is 7. The number of hydrogen-bond donors (Lipinski definition) is 1. The Labute approximate surface area is 208 Å². The molecule has 35 heavy (non-hydrogen) atoms. The molecule has 0 spiro atoms. The standard InChI is InChI=1S/C25H26N2O6S2/c1-3-33-25(29)23-18-12-9-15-21(18)34-24(23)26-22(28)16-27(19-13-7-8-14-20(19)32-2)35(30,31)17-10-5-4-6-11-17/h4-8,10-11,13-14H,3,9,12,15-16H2,1-2H3,(H,26,28). The SMILES string of the molecule is CCOC(=O)c1c(NC(=O)CN(c2ccccc2OC)S(=O)(=O)c2ccccc2)sc2c1CCC2. The molecular weight excluding hydrogens is 488 g/mol. The number of methoxy groups -OCH3 is 1. The van der Waals surface area contributed by atoms with E-state index in [2.05, 4.69) is 5.32 Å². The number of rotatable bonds is 9. The van der Waals surface area contributed by atoms with E-state index in [-0.39, 0.29) is 17.2 Å². The first kappa shape index (κ1) is 24.7. The van der Waals surface area contributed by atoms with E-state index in [1.165, 1.54) is 30.6 Å². The highest BCUT2D eigenvalue weighted by Gasteiger charge is 2.32. The van der Waals surface area contributed by atoms with Gasteiger partial charge in [-0.25, -0.2) is 13.2 Å². The number of benzene rings is 2. The second-order valence-corrected chi connectivity index (χ2v) is 10.8. The minimum Gasteiger partial charge on any atom is -0.495 e. The number of para-hydroxylation sites is 2. The van der Waals surface area contributed by atoms with Crippen molar-refractivity contribution in [2.75, 3.05) is 29.9 Å². The summed E-state index contributed by atoms with van der Waals surface area (Å²) in [5.74, 6) is -0.760. The zero-order chi connectivity index (χ0) is 25.0. The molecule has 0 aliphatic heterocycles. The summed E-state index contributed by atoms with van der Waals surface area (Å²) in [7, 11) is -2.67. The van der Waals surface area contributed by atoms with E-state index in [1.54, 1.807) is 49.4 Å².